The molecule has 104 valence electrons. The monoisotopic (exact) mass is 254 g/mol. The first kappa shape index (κ1) is 13.8. The number of carbonyl (C=O) groups is 1. The average molecular weight is 254 g/mol. The number of hydrogen-bond acceptors (Lipinski definition) is 3. The maximum Gasteiger partial charge on any atom is 0.234 e. The van der Waals surface area contributed by atoms with Crippen molar-refractivity contribution in [2.24, 2.45) is 0 Å². The standard InChI is InChI=1S/C14H26N2O2/c17-10-9-16(13-7-8-13)11-14(18)15-12-5-3-1-2-4-6-12/h12-13,17H,1-11H2,(H,15,18). The van der Waals surface area contributed by atoms with Crippen molar-refractivity contribution in [1.82, 2.24) is 10.2 Å². The van der Waals surface area contributed by atoms with Gasteiger partial charge in [-0.05, 0) is 25.7 Å². The molecule has 0 aliphatic heterocycles. The van der Waals surface area contributed by atoms with Gasteiger partial charge in [-0.2, -0.15) is 0 Å². The number of aliphatic hydroxyl groups excluding tert-OH is 1. The number of amides is 1. The minimum absolute atomic E-state index is 0.141. The second-order valence-electron chi connectivity index (χ2n) is 5.68. The Bertz CT molecular complexity index is 259. The second-order valence-corrected chi connectivity index (χ2v) is 5.68. The van der Waals surface area contributed by atoms with E-state index < -0.39 is 0 Å². The highest BCUT2D eigenvalue weighted by molar-refractivity contribution is 5.78. The van der Waals surface area contributed by atoms with Crippen molar-refractivity contribution < 1.29 is 9.90 Å². The molecule has 0 spiro atoms. The Labute approximate surface area is 110 Å². The fraction of sp³-hybridized carbons (Fsp3) is 0.929. The van der Waals surface area contributed by atoms with Crippen molar-refractivity contribution in [1.29, 1.82) is 0 Å². The van der Waals surface area contributed by atoms with Crippen molar-refractivity contribution in [3.05, 3.63) is 0 Å². The summed E-state index contributed by atoms with van der Waals surface area (Å²) >= 11 is 0. The third-order valence-electron chi connectivity index (χ3n) is 4.02. The van der Waals surface area contributed by atoms with Gasteiger partial charge in [0.2, 0.25) is 5.91 Å². The zero-order valence-corrected chi connectivity index (χ0v) is 11.2. The summed E-state index contributed by atoms with van der Waals surface area (Å²) < 4.78 is 0. The molecule has 18 heavy (non-hydrogen) atoms. The Hall–Kier alpha value is -0.610. The molecule has 2 saturated carbocycles. The highest BCUT2D eigenvalue weighted by Crippen LogP contribution is 2.26. The molecule has 0 bridgehead atoms. The molecule has 1 amide bonds. The van der Waals surface area contributed by atoms with Gasteiger partial charge in [0.05, 0.1) is 13.2 Å². The average Bonchev–Trinajstić information content (AvgIpc) is 3.16. The number of nitrogens with one attached hydrogen (secondary N) is 1. The van der Waals surface area contributed by atoms with Crippen molar-refractivity contribution in [3.63, 3.8) is 0 Å². The highest BCUT2D eigenvalue weighted by Gasteiger charge is 2.30. The summed E-state index contributed by atoms with van der Waals surface area (Å²) in [7, 11) is 0. The van der Waals surface area contributed by atoms with Gasteiger partial charge in [-0.3, -0.25) is 9.69 Å². The van der Waals surface area contributed by atoms with Crippen molar-refractivity contribution >= 4 is 5.91 Å². The number of rotatable bonds is 6. The van der Waals surface area contributed by atoms with Crippen LogP contribution in [-0.2, 0) is 4.79 Å². The normalized spacial score (nSPS) is 21.9. The van der Waals surface area contributed by atoms with E-state index in [4.69, 9.17) is 5.11 Å². The summed E-state index contributed by atoms with van der Waals surface area (Å²) in [6.07, 6.45) is 9.73. The van der Waals surface area contributed by atoms with E-state index in [0.29, 0.717) is 25.2 Å². The third kappa shape index (κ3) is 4.58. The summed E-state index contributed by atoms with van der Waals surface area (Å²) in [6.45, 7) is 1.23. The predicted molar refractivity (Wildman–Crippen MR) is 71.3 cm³/mol. The maximum atomic E-state index is 12.0. The van der Waals surface area contributed by atoms with Crippen molar-refractivity contribution in [2.45, 2.75) is 63.5 Å². The van der Waals surface area contributed by atoms with Gasteiger partial charge in [0.25, 0.3) is 0 Å². The van der Waals surface area contributed by atoms with Crippen LogP contribution in [0.4, 0.5) is 0 Å². The Morgan fingerprint density at radius 1 is 1.11 bits per heavy atom. The van der Waals surface area contributed by atoms with E-state index in [1.807, 2.05) is 0 Å². The molecule has 0 atom stereocenters. The van der Waals surface area contributed by atoms with Crippen LogP contribution in [0.2, 0.25) is 0 Å². The van der Waals surface area contributed by atoms with E-state index in [-0.39, 0.29) is 12.5 Å². The van der Waals surface area contributed by atoms with Gasteiger partial charge in [-0.25, -0.2) is 0 Å². The van der Waals surface area contributed by atoms with E-state index >= 15 is 0 Å². The summed E-state index contributed by atoms with van der Waals surface area (Å²) in [4.78, 5) is 14.1. The first-order valence-corrected chi connectivity index (χ1v) is 7.44. The van der Waals surface area contributed by atoms with Crippen LogP contribution in [0.15, 0.2) is 0 Å². The van der Waals surface area contributed by atoms with Crippen LogP contribution in [0.25, 0.3) is 0 Å². The molecular formula is C14H26N2O2. The summed E-state index contributed by atoms with van der Waals surface area (Å²) in [5.41, 5.74) is 0. The first-order chi connectivity index (χ1) is 8.79. The Morgan fingerprint density at radius 3 is 2.33 bits per heavy atom. The molecule has 2 aliphatic rings. The molecule has 2 aliphatic carbocycles. The van der Waals surface area contributed by atoms with Gasteiger partial charge in [-0.15, -0.1) is 0 Å². The van der Waals surface area contributed by atoms with Crippen molar-refractivity contribution in [3.8, 4) is 0 Å². The number of nitrogens with zero attached hydrogens (tertiary/aromatic N) is 1. The highest BCUT2D eigenvalue weighted by atomic mass is 16.3. The smallest absolute Gasteiger partial charge is 0.234 e. The zero-order valence-electron chi connectivity index (χ0n) is 11.2. The lowest BCUT2D eigenvalue weighted by Crippen LogP contribution is -2.43. The van der Waals surface area contributed by atoms with Crippen LogP contribution in [0.3, 0.4) is 0 Å². The molecule has 2 rings (SSSR count). The van der Waals surface area contributed by atoms with Crippen LogP contribution in [0.5, 0.6) is 0 Å². The van der Waals surface area contributed by atoms with E-state index in [0.717, 1.165) is 12.8 Å². The molecule has 4 heteroatoms. The molecule has 2 fully saturated rings. The van der Waals surface area contributed by atoms with Crippen LogP contribution in [-0.4, -0.2) is 47.7 Å². The van der Waals surface area contributed by atoms with Gasteiger partial charge >= 0.3 is 0 Å². The SMILES string of the molecule is O=C(CN(CCO)C1CC1)NC1CCCCCC1. The lowest BCUT2D eigenvalue weighted by molar-refractivity contribution is -0.123. The molecule has 4 nitrogen and oxygen atoms in total. The van der Waals surface area contributed by atoms with Crippen LogP contribution in [0.1, 0.15) is 51.4 Å². The quantitative estimate of drug-likeness (QED) is 0.702. The minimum atomic E-state index is 0.141. The van der Waals surface area contributed by atoms with E-state index in [1.165, 1.54) is 38.5 Å². The molecule has 0 aromatic rings. The summed E-state index contributed by atoms with van der Waals surface area (Å²) in [6, 6.07) is 0.923. The zero-order chi connectivity index (χ0) is 12.8. The lowest BCUT2D eigenvalue weighted by Gasteiger charge is -2.22. The van der Waals surface area contributed by atoms with E-state index in [2.05, 4.69) is 10.2 Å². The fourth-order valence-electron chi connectivity index (χ4n) is 2.84. The van der Waals surface area contributed by atoms with Crippen LogP contribution < -0.4 is 5.32 Å². The van der Waals surface area contributed by atoms with E-state index in [1.54, 1.807) is 0 Å². The Morgan fingerprint density at radius 2 is 1.78 bits per heavy atom. The number of carbonyl (C=O) groups excluding carboxylic acids is 1. The molecule has 2 N–H and O–H groups in total. The molecule has 0 saturated heterocycles. The van der Waals surface area contributed by atoms with Gasteiger partial charge in [-0.1, -0.05) is 25.7 Å². The van der Waals surface area contributed by atoms with Gasteiger partial charge in [0.15, 0.2) is 0 Å². The lowest BCUT2D eigenvalue weighted by atomic mass is 10.1. The Kier molecular flexibility index (Phi) is 5.45. The van der Waals surface area contributed by atoms with Gasteiger partial charge in [0, 0.05) is 18.6 Å². The fourth-order valence-corrected chi connectivity index (χ4v) is 2.84. The largest absolute Gasteiger partial charge is 0.395 e. The van der Waals surface area contributed by atoms with Crippen molar-refractivity contribution in [2.75, 3.05) is 19.7 Å². The van der Waals surface area contributed by atoms with Gasteiger partial charge < -0.3 is 10.4 Å². The van der Waals surface area contributed by atoms with Crippen LogP contribution >= 0.6 is 0 Å². The maximum absolute atomic E-state index is 12.0. The molecule has 0 radical (unpaired) electrons. The minimum Gasteiger partial charge on any atom is -0.395 e. The molecule has 0 unspecified atom stereocenters. The summed E-state index contributed by atoms with van der Waals surface area (Å²) in [5.74, 6) is 0.141. The van der Waals surface area contributed by atoms with E-state index in [9.17, 15) is 4.79 Å². The topological polar surface area (TPSA) is 52.6 Å². The number of hydrogen-bond donors (Lipinski definition) is 2. The molecule has 0 aromatic carbocycles. The molecule has 0 aromatic heterocycles. The second kappa shape index (κ2) is 7.10. The van der Waals surface area contributed by atoms with Crippen LogP contribution in [0, 0.1) is 0 Å². The molecular weight excluding hydrogens is 228 g/mol. The third-order valence-corrected chi connectivity index (χ3v) is 4.02. The first-order valence-electron chi connectivity index (χ1n) is 7.44. The Balaban J connectivity index is 1.72. The molecule has 0 heterocycles. The predicted octanol–water partition coefficient (Wildman–Crippen LogP) is 1.28. The number of aliphatic hydroxyl groups is 1. The van der Waals surface area contributed by atoms with Gasteiger partial charge in [0.1, 0.15) is 0 Å². The summed E-state index contributed by atoms with van der Waals surface area (Å²) in [5, 5.41) is 12.2.